The maximum Gasteiger partial charge on any atom is 0.435 e. The summed E-state index contributed by atoms with van der Waals surface area (Å²) in [4.78, 5) is 13.0. The number of amides is 1. The molecule has 0 aliphatic heterocycles. The zero-order valence-electron chi connectivity index (χ0n) is 17.9. The van der Waals surface area contributed by atoms with Gasteiger partial charge in [-0.05, 0) is 42.8 Å². The van der Waals surface area contributed by atoms with Gasteiger partial charge in [-0.15, -0.1) is 10.2 Å². The molecule has 0 aliphatic carbocycles. The number of carbonyl (C=O) groups excluding carboxylic acids is 1. The number of halogens is 4. The van der Waals surface area contributed by atoms with Crippen molar-refractivity contribution in [1.82, 2.24) is 10.2 Å². The Labute approximate surface area is 197 Å². The van der Waals surface area contributed by atoms with Crippen LogP contribution in [0.1, 0.15) is 21.6 Å². The Morgan fingerprint density at radius 3 is 2.41 bits per heavy atom. The van der Waals surface area contributed by atoms with Gasteiger partial charge in [0.2, 0.25) is 0 Å². The molecule has 8 nitrogen and oxygen atoms in total. The second kappa shape index (κ2) is 9.47. The highest BCUT2D eigenvalue weighted by atomic mass is 35.5. The van der Waals surface area contributed by atoms with Crippen molar-refractivity contribution < 1.29 is 35.9 Å². The third-order valence-corrected chi connectivity index (χ3v) is 5.88. The zero-order chi connectivity index (χ0) is 25.3. The molecule has 0 atom stereocenters. The first-order valence-electron chi connectivity index (χ1n) is 9.38. The van der Waals surface area contributed by atoms with E-state index in [9.17, 15) is 26.4 Å². The van der Waals surface area contributed by atoms with E-state index in [1.165, 1.54) is 49.6 Å². The number of ether oxygens (including phenoxy) is 2. The topological polar surface area (TPSA) is 107 Å². The van der Waals surface area contributed by atoms with E-state index in [4.69, 9.17) is 21.1 Å². The summed E-state index contributed by atoms with van der Waals surface area (Å²) in [5, 5.41) is 9.36. The molecule has 1 aromatic heterocycles. The summed E-state index contributed by atoms with van der Waals surface area (Å²) in [6.07, 6.45) is -3.91. The predicted molar refractivity (Wildman–Crippen MR) is 117 cm³/mol. The fourth-order valence-electron chi connectivity index (χ4n) is 2.94. The zero-order valence-corrected chi connectivity index (χ0v) is 19.5. The number of sulfone groups is 1. The first-order chi connectivity index (χ1) is 15.8. The van der Waals surface area contributed by atoms with E-state index in [2.05, 4.69) is 15.5 Å². The van der Waals surface area contributed by atoms with Gasteiger partial charge in [0, 0.05) is 23.0 Å². The van der Waals surface area contributed by atoms with Crippen molar-refractivity contribution in [2.45, 2.75) is 18.0 Å². The number of carbonyl (C=O) groups is 1. The van der Waals surface area contributed by atoms with Gasteiger partial charge in [0.05, 0.1) is 12.0 Å². The second-order valence-electron chi connectivity index (χ2n) is 7.00. The summed E-state index contributed by atoms with van der Waals surface area (Å²) in [6, 6.07) is 9.47. The molecule has 0 unspecified atom stereocenters. The lowest BCUT2D eigenvalue weighted by atomic mass is 10.1. The summed E-state index contributed by atoms with van der Waals surface area (Å²) in [6.45, 7) is 1.05. The molecule has 0 saturated carbocycles. The van der Waals surface area contributed by atoms with Gasteiger partial charge in [0.25, 0.3) is 11.8 Å². The van der Waals surface area contributed by atoms with Crippen LogP contribution >= 0.6 is 11.6 Å². The molecule has 13 heteroatoms. The predicted octanol–water partition coefficient (Wildman–Crippen LogP) is 4.91. The highest BCUT2D eigenvalue weighted by Crippen LogP contribution is 2.38. The first-order valence-corrected chi connectivity index (χ1v) is 11.7. The van der Waals surface area contributed by atoms with Crippen LogP contribution in [0.5, 0.6) is 17.4 Å². The summed E-state index contributed by atoms with van der Waals surface area (Å²) >= 11 is 5.92. The maximum atomic E-state index is 13.4. The van der Waals surface area contributed by atoms with Crippen LogP contribution in [-0.4, -0.2) is 37.9 Å². The minimum atomic E-state index is -4.89. The normalized spacial score (nSPS) is 11.7. The van der Waals surface area contributed by atoms with Crippen LogP contribution < -0.4 is 14.8 Å². The van der Waals surface area contributed by atoms with Crippen molar-refractivity contribution in [1.29, 1.82) is 0 Å². The number of nitrogens with zero attached hydrogens (tertiary/aromatic N) is 2. The first kappa shape index (κ1) is 25.2. The van der Waals surface area contributed by atoms with Crippen molar-refractivity contribution in [3.63, 3.8) is 0 Å². The Morgan fingerprint density at radius 2 is 1.79 bits per heavy atom. The molecular weight excluding hydrogens is 499 g/mol. The summed E-state index contributed by atoms with van der Waals surface area (Å²) < 4.78 is 74.7. The summed E-state index contributed by atoms with van der Waals surface area (Å²) in [5.41, 5.74) is -2.43. The fourth-order valence-corrected chi connectivity index (χ4v) is 3.76. The highest BCUT2D eigenvalue weighted by molar-refractivity contribution is 7.90. The maximum absolute atomic E-state index is 13.4. The number of aromatic nitrogens is 2. The van der Waals surface area contributed by atoms with Crippen LogP contribution in [0.25, 0.3) is 0 Å². The van der Waals surface area contributed by atoms with E-state index in [0.29, 0.717) is 5.02 Å². The fraction of sp³-hybridized carbons (Fsp3) is 0.190. The van der Waals surface area contributed by atoms with E-state index in [1.54, 1.807) is 0 Å². The van der Waals surface area contributed by atoms with Gasteiger partial charge in [-0.3, -0.25) is 4.79 Å². The molecule has 0 aliphatic rings. The molecule has 0 saturated heterocycles. The van der Waals surface area contributed by atoms with Crippen molar-refractivity contribution in [2.75, 3.05) is 18.7 Å². The van der Waals surface area contributed by atoms with Gasteiger partial charge < -0.3 is 14.8 Å². The monoisotopic (exact) mass is 515 g/mol. The van der Waals surface area contributed by atoms with Gasteiger partial charge in [-0.25, -0.2) is 8.42 Å². The van der Waals surface area contributed by atoms with Gasteiger partial charge >= 0.3 is 6.18 Å². The quantitative estimate of drug-likeness (QED) is 0.496. The number of benzene rings is 2. The number of methoxy groups -OCH3 is 1. The van der Waals surface area contributed by atoms with Crippen LogP contribution in [0.15, 0.2) is 47.4 Å². The Kier molecular flexibility index (Phi) is 7.03. The van der Waals surface area contributed by atoms with Crippen molar-refractivity contribution in [3.05, 3.63) is 64.3 Å². The van der Waals surface area contributed by atoms with E-state index in [-0.39, 0.29) is 22.1 Å². The molecule has 180 valence electrons. The molecule has 0 radical (unpaired) electrons. The molecule has 3 rings (SSSR count). The second-order valence-corrected chi connectivity index (χ2v) is 9.46. The number of hydrogen-bond donors (Lipinski definition) is 1. The third-order valence-electron chi connectivity index (χ3n) is 4.53. The molecule has 2 aromatic carbocycles. The van der Waals surface area contributed by atoms with Crippen LogP contribution in [0.2, 0.25) is 5.02 Å². The lowest BCUT2D eigenvalue weighted by Crippen LogP contribution is -2.21. The van der Waals surface area contributed by atoms with E-state index in [0.717, 1.165) is 13.2 Å². The lowest BCUT2D eigenvalue weighted by Gasteiger charge is -2.17. The molecule has 34 heavy (non-hydrogen) atoms. The minimum absolute atomic E-state index is 0.0217. The molecule has 0 spiro atoms. The van der Waals surface area contributed by atoms with E-state index < -0.39 is 44.6 Å². The molecule has 3 aromatic rings. The van der Waals surface area contributed by atoms with Crippen LogP contribution in [0.4, 0.5) is 18.9 Å². The largest absolute Gasteiger partial charge is 0.493 e. The van der Waals surface area contributed by atoms with E-state index >= 15 is 0 Å². The number of anilines is 1. The average molecular weight is 516 g/mol. The minimum Gasteiger partial charge on any atom is -0.493 e. The van der Waals surface area contributed by atoms with E-state index in [1.807, 2.05) is 0 Å². The standard InChI is InChI=1S/C21H17ClF3N3O5S/c1-11-17(19(29)26-13-5-4-6-14(10-13)34(3,30)31)20(28-27-18(11)21(23,24)25)33-15-8-7-12(22)9-16(15)32-2/h4-10H,1-3H3,(H,26,29). The van der Waals surface area contributed by atoms with Gasteiger partial charge in [-0.1, -0.05) is 17.7 Å². The summed E-state index contributed by atoms with van der Waals surface area (Å²) in [5.74, 6) is -1.39. The number of nitrogens with one attached hydrogen (secondary N) is 1. The lowest BCUT2D eigenvalue weighted by molar-refractivity contribution is -0.142. The molecule has 0 bridgehead atoms. The van der Waals surface area contributed by atoms with Gasteiger partial charge in [0.15, 0.2) is 27.0 Å². The molecule has 1 amide bonds. The Balaban J connectivity index is 2.09. The van der Waals surface area contributed by atoms with Crippen molar-refractivity contribution >= 4 is 33.0 Å². The molecule has 1 heterocycles. The smallest absolute Gasteiger partial charge is 0.435 e. The van der Waals surface area contributed by atoms with Crippen molar-refractivity contribution in [3.8, 4) is 17.4 Å². The average Bonchev–Trinajstić information content (AvgIpc) is 2.73. The van der Waals surface area contributed by atoms with Gasteiger partial charge in [0.1, 0.15) is 5.56 Å². The molecular formula is C21H17ClF3N3O5S. The number of rotatable bonds is 6. The van der Waals surface area contributed by atoms with Crippen LogP contribution in [0, 0.1) is 6.92 Å². The highest BCUT2D eigenvalue weighted by Gasteiger charge is 2.38. The van der Waals surface area contributed by atoms with Crippen LogP contribution in [0.3, 0.4) is 0 Å². The Hall–Kier alpha value is -3.38. The Bertz CT molecular complexity index is 1360. The van der Waals surface area contributed by atoms with Crippen LogP contribution in [-0.2, 0) is 16.0 Å². The SMILES string of the molecule is COc1cc(Cl)ccc1Oc1nnc(C(F)(F)F)c(C)c1C(=O)Nc1cccc(S(C)(=O)=O)c1. The van der Waals surface area contributed by atoms with Crippen molar-refractivity contribution in [2.24, 2.45) is 0 Å². The molecule has 1 N–H and O–H groups in total. The Morgan fingerprint density at radius 1 is 1.09 bits per heavy atom. The number of alkyl halides is 3. The molecule has 0 fully saturated rings. The number of hydrogen-bond acceptors (Lipinski definition) is 7. The third kappa shape index (κ3) is 5.57. The van der Waals surface area contributed by atoms with Gasteiger partial charge in [-0.2, -0.15) is 13.2 Å². The summed E-state index contributed by atoms with van der Waals surface area (Å²) in [7, 11) is -2.27.